The van der Waals surface area contributed by atoms with Crippen molar-refractivity contribution in [3.05, 3.63) is 71.8 Å². The highest BCUT2D eigenvalue weighted by Crippen LogP contribution is 2.29. The Morgan fingerprint density at radius 2 is 1.53 bits per heavy atom. The van der Waals surface area contributed by atoms with Crippen LogP contribution < -0.4 is 0 Å². The first-order chi connectivity index (χ1) is 14.6. The molecule has 3 rings (SSSR count). The Hall–Kier alpha value is -2.86. The zero-order valence-corrected chi connectivity index (χ0v) is 17.5. The maximum absolute atomic E-state index is 13.0. The monoisotopic (exact) mass is 411 g/mol. The van der Waals surface area contributed by atoms with Gasteiger partial charge in [-0.1, -0.05) is 60.7 Å². The van der Waals surface area contributed by atoms with Crippen molar-refractivity contribution in [3.63, 3.8) is 0 Å². The van der Waals surface area contributed by atoms with Gasteiger partial charge in [-0.25, -0.2) is 4.79 Å². The van der Waals surface area contributed by atoms with Crippen molar-refractivity contribution in [1.29, 1.82) is 0 Å². The van der Waals surface area contributed by atoms with Gasteiger partial charge in [-0.3, -0.25) is 9.69 Å². The van der Waals surface area contributed by atoms with E-state index in [0.717, 1.165) is 17.5 Å². The minimum Gasteiger partial charge on any atom is -0.469 e. The van der Waals surface area contributed by atoms with Gasteiger partial charge in [0.05, 0.1) is 32.3 Å². The molecule has 1 fully saturated rings. The molecule has 0 unspecified atom stereocenters. The summed E-state index contributed by atoms with van der Waals surface area (Å²) in [5.74, 6) is -0.336. The lowest BCUT2D eigenvalue weighted by Gasteiger charge is -2.43. The van der Waals surface area contributed by atoms with Crippen LogP contribution in [-0.4, -0.2) is 42.3 Å². The predicted octanol–water partition coefficient (Wildman–Crippen LogP) is 4.32. The van der Waals surface area contributed by atoms with Gasteiger partial charge in [-0.05, 0) is 30.9 Å². The summed E-state index contributed by atoms with van der Waals surface area (Å²) in [4.78, 5) is 26.5. The van der Waals surface area contributed by atoms with E-state index in [2.05, 4.69) is 0 Å². The number of benzene rings is 2. The number of rotatable bonds is 7. The number of ether oxygens (including phenoxy) is 3. The number of carbonyl (C=O) groups is 2. The number of nitrogens with zero attached hydrogens (tertiary/aromatic N) is 1. The number of amides is 1. The Morgan fingerprint density at radius 3 is 2.13 bits per heavy atom. The highest BCUT2D eigenvalue weighted by atomic mass is 16.6. The van der Waals surface area contributed by atoms with Crippen LogP contribution in [0.2, 0.25) is 0 Å². The summed E-state index contributed by atoms with van der Waals surface area (Å²) in [5.41, 5.74) is 2.00. The lowest BCUT2D eigenvalue weighted by Crippen LogP contribution is -2.56. The van der Waals surface area contributed by atoms with Gasteiger partial charge in [-0.2, -0.15) is 0 Å². The Balaban J connectivity index is 1.67. The van der Waals surface area contributed by atoms with Crippen molar-refractivity contribution in [1.82, 2.24) is 4.90 Å². The molecule has 2 aromatic rings. The third kappa shape index (κ3) is 5.83. The maximum Gasteiger partial charge on any atom is 0.410 e. The van der Waals surface area contributed by atoms with E-state index in [1.54, 1.807) is 4.90 Å². The van der Waals surface area contributed by atoms with Crippen molar-refractivity contribution in [2.75, 3.05) is 7.11 Å². The largest absolute Gasteiger partial charge is 0.469 e. The molecular formula is C24H29NO5. The quantitative estimate of drug-likeness (QED) is 0.635. The van der Waals surface area contributed by atoms with Gasteiger partial charge >= 0.3 is 12.1 Å². The van der Waals surface area contributed by atoms with Crippen LogP contribution in [0.25, 0.3) is 0 Å². The summed E-state index contributed by atoms with van der Waals surface area (Å²) in [6.07, 6.45) is 0.987. The molecule has 0 spiro atoms. The van der Waals surface area contributed by atoms with E-state index >= 15 is 0 Å². The van der Waals surface area contributed by atoms with Crippen molar-refractivity contribution in [3.8, 4) is 0 Å². The minimum absolute atomic E-state index is 0.136. The van der Waals surface area contributed by atoms with E-state index in [1.165, 1.54) is 7.11 Å². The number of hydrogen-bond acceptors (Lipinski definition) is 5. The molecule has 0 bridgehead atoms. The van der Waals surface area contributed by atoms with Crippen molar-refractivity contribution >= 4 is 12.1 Å². The Morgan fingerprint density at radius 1 is 0.933 bits per heavy atom. The fraction of sp³-hybridized carbons (Fsp3) is 0.417. The topological polar surface area (TPSA) is 65.1 Å². The van der Waals surface area contributed by atoms with Gasteiger partial charge in [-0.15, -0.1) is 0 Å². The van der Waals surface area contributed by atoms with Crippen molar-refractivity contribution in [2.24, 2.45) is 0 Å². The molecule has 6 nitrogen and oxygen atoms in total. The smallest absolute Gasteiger partial charge is 0.410 e. The summed E-state index contributed by atoms with van der Waals surface area (Å²) in [7, 11) is 1.36. The molecule has 3 atom stereocenters. The average Bonchev–Trinajstić information content (AvgIpc) is 2.78. The molecule has 1 amide bonds. The summed E-state index contributed by atoms with van der Waals surface area (Å²) >= 11 is 0. The molecule has 2 aromatic carbocycles. The molecule has 160 valence electrons. The normalized spacial score (nSPS) is 21.1. The van der Waals surface area contributed by atoms with Gasteiger partial charge in [0.1, 0.15) is 6.61 Å². The van der Waals surface area contributed by atoms with Crippen LogP contribution >= 0.6 is 0 Å². The molecule has 0 aromatic heterocycles. The van der Waals surface area contributed by atoms with E-state index in [-0.39, 0.29) is 37.2 Å². The fourth-order valence-corrected chi connectivity index (χ4v) is 3.83. The predicted molar refractivity (Wildman–Crippen MR) is 113 cm³/mol. The summed E-state index contributed by atoms with van der Waals surface area (Å²) in [6, 6.07) is 19.0. The van der Waals surface area contributed by atoms with Gasteiger partial charge in [0, 0.05) is 6.04 Å². The van der Waals surface area contributed by atoms with E-state index in [0.29, 0.717) is 13.0 Å². The zero-order valence-electron chi connectivity index (χ0n) is 17.5. The maximum atomic E-state index is 13.0. The summed E-state index contributed by atoms with van der Waals surface area (Å²) in [5, 5.41) is 0. The molecule has 1 aliphatic rings. The second-order valence-electron chi connectivity index (χ2n) is 7.53. The lowest BCUT2D eigenvalue weighted by molar-refractivity contribution is -0.143. The molecule has 1 aliphatic heterocycles. The second-order valence-corrected chi connectivity index (χ2v) is 7.53. The van der Waals surface area contributed by atoms with Crippen LogP contribution in [0.3, 0.4) is 0 Å². The molecule has 1 saturated heterocycles. The molecule has 0 radical (unpaired) electrons. The van der Waals surface area contributed by atoms with Crippen LogP contribution in [0, 0.1) is 0 Å². The van der Waals surface area contributed by atoms with Crippen molar-refractivity contribution < 1.29 is 23.8 Å². The van der Waals surface area contributed by atoms with Crippen LogP contribution in [0.4, 0.5) is 4.79 Å². The third-order valence-corrected chi connectivity index (χ3v) is 5.51. The summed E-state index contributed by atoms with van der Waals surface area (Å²) < 4.78 is 16.5. The Kier molecular flexibility index (Phi) is 7.85. The van der Waals surface area contributed by atoms with Crippen LogP contribution in [-0.2, 0) is 32.2 Å². The van der Waals surface area contributed by atoms with Gasteiger partial charge in [0.2, 0.25) is 0 Å². The number of hydrogen-bond donors (Lipinski definition) is 0. The average molecular weight is 411 g/mol. The van der Waals surface area contributed by atoms with Crippen LogP contribution in [0.5, 0.6) is 0 Å². The SMILES string of the molecule is COC(=O)C[C@@H]1CC[C@H](OCc2ccccc2)[C@H](C)N1C(=O)OCc1ccccc1. The van der Waals surface area contributed by atoms with Crippen LogP contribution in [0.15, 0.2) is 60.7 Å². The number of piperidine rings is 1. The standard InChI is InChI=1S/C24H29NO5/c1-18-22(29-16-19-9-5-3-6-10-19)14-13-21(15-23(26)28-2)25(18)24(27)30-17-20-11-7-4-8-12-20/h3-12,18,21-22H,13-17H2,1-2H3/t18-,21-,22-/m0/s1. The molecular weight excluding hydrogens is 382 g/mol. The van der Waals surface area contributed by atoms with E-state index < -0.39 is 6.09 Å². The number of methoxy groups -OCH3 is 1. The van der Waals surface area contributed by atoms with E-state index in [4.69, 9.17) is 14.2 Å². The Labute approximate surface area is 177 Å². The molecule has 0 saturated carbocycles. The van der Waals surface area contributed by atoms with Gasteiger partial charge in [0.15, 0.2) is 0 Å². The van der Waals surface area contributed by atoms with Gasteiger partial charge in [0.25, 0.3) is 0 Å². The number of esters is 1. The van der Waals surface area contributed by atoms with Crippen molar-refractivity contribution in [2.45, 2.75) is 57.6 Å². The number of likely N-dealkylation sites (tertiary alicyclic amines) is 1. The molecule has 1 heterocycles. The summed E-state index contributed by atoms with van der Waals surface area (Å²) in [6.45, 7) is 2.61. The zero-order chi connectivity index (χ0) is 21.3. The first-order valence-electron chi connectivity index (χ1n) is 10.3. The van der Waals surface area contributed by atoms with E-state index in [1.807, 2.05) is 67.6 Å². The lowest BCUT2D eigenvalue weighted by atomic mass is 9.92. The second kappa shape index (κ2) is 10.8. The first kappa shape index (κ1) is 21.8. The molecule has 6 heteroatoms. The highest BCUT2D eigenvalue weighted by Gasteiger charge is 2.40. The Bertz CT molecular complexity index is 811. The van der Waals surface area contributed by atoms with Gasteiger partial charge < -0.3 is 14.2 Å². The molecule has 30 heavy (non-hydrogen) atoms. The minimum atomic E-state index is -0.437. The first-order valence-corrected chi connectivity index (χ1v) is 10.3. The van der Waals surface area contributed by atoms with Crippen LogP contribution in [0.1, 0.15) is 37.3 Å². The highest BCUT2D eigenvalue weighted by molar-refractivity contribution is 5.73. The molecule has 0 aliphatic carbocycles. The molecule has 0 N–H and O–H groups in total. The third-order valence-electron chi connectivity index (χ3n) is 5.51. The van der Waals surface area contributed by atoms with E-state index in [9.17, 15) is 9.59 Å². The number of carbonyl (C=O) groups excluding carboxylic acids is 2. The fourth-order valence-electron chi connectivity index (χ4n) is 3.83.